The molecule has 1 saturated heterocycles. The van der Waals surface area contributed by atoms with E-state index in [9.17, 15) is 9.59 Å². The highest BCUT2D eigenvalue weighted by Gasteiger charge is 2.27. The summed E-state index contributed by atoms with van der Waals surface area (Å²) < 4.78 is 0. The minimum Gasteiger partial charge on any atom is -0.336 e. The third kappa shape index (κ3) is 3.52. The molecule has 1 unspecified atom stereocenters. The van der Waals surface area contributed by atoms with E-state index in [1.807, 2.05) is 19.1 Å². The molecule has 0 spiro atoms. The molecule has 0 aromatic heterocycles. The van der Waals surface area contributed by atoms with Crippen molar-refractivity contribution in [1.29, 1.82) is 0 Å². The molecule has 6 heteroatoms. The van der Waals surface area contributed by atoms with Crippen molar-refractivity contribution < 1.29 is 9.59 Å². The average Bonchev–Trinajstić information content (AvgIpc) is 2.85. The van der Waals surface area contributed by atoms with Crippen LogP contribution in [0.3, 0.4) is 0 Å². The highest BCUT2D eigenvalue weighted by Crippen LogP contribution is 2.22. The van der Waals surface area contributed by atoms with E-state index >= 15 is 0 Å². The Morgan fingerprint density at radius 1 is 1.52 bits per heavy atom. The number of amides is 3. The van der Waals surface area contributed by atoms with Crippen LogP contribution in [0.4, 0.5) is 16.2 Å². The smallest absolute Gasteiger partial charge is 0.321 e. The molecule has 6 nitrogen and oxygen atoms in total. The quantitative estimate of drug-likeness (QED) is 0.771. The van der Waals surface area contributed by atoms with Gasteiger partial charge in [-0.15, -0.1) is 0 Å². The van der Waals surface area contributed by atoms with Crippen LogP contribution in [0.1, 0.15) is 26.7 Å². The fraction of sp³-hybridized carbons (Fsp3) is 0.467. The maximum atomic E-state index is 12.2. The Kier molecular flexibility index (Phi) is 4.47. The SMILES string of the molecule is CCCC(C)(N)C(=O)Nc1cccc(N2CCNC2=O)c1. The maximum Gasteiger partial charge on any atom is 0.321 e. The number of carbonyl (C=O) groups is 2. The summed E-state index contributed by atoms with van der Waals surface area (Å²) in [7, 11) is 0. The third-order valence-electron chi connectivity index (χ3n) is 3.56. The van der Waals surface area contributed by atoms with Crippen LogP contribution >= 0.6 is 0 Å². The van der Waals surface area contributed by atoms with Gasteiger partial charge < -0.3 is 16.4 Å². The van der Waals surface area contributed by atoms with E-state index in [0.29, 0.717) is 25.2 Å². The lowest BCUT2D eigenvalue weighted by atomic mass is 9.96. The summed E-state index contributed by atoms with van der Waals surface area (Å²) >= 11 is 0. The van der Waals surface area contributed by atoms with Crippen molar-refractivity contribution in [3.8, 4) is 0 Å². The van der Waals surface area contributed by atoms with Gasteiger partial charge >= 0.3 is 6.03 Å². The zero-order valence-corrected chi connectivity index (χ0v) is 12.5. The van der Waals surface area contributed by atoms with E-state index in [0.717, 1.165) is 12.1 Å². The van der Waals surface area contributed by atoms with Gasteiger partial charge in [0.25, 0.3) is 0 Å². The fourth-order valence-electron chi connectivity index (χ4n) is 2.38. The van der Waals surface area contributed by atoms with E-state index < -0.39 is 5.54 Å². The molecule has 1 aliphatic rings. The monoisotopic (exact) mass is 290 g/mol. The number of urea groups is 1. The van der Waals surface area contributed by atoms with Crippen molar-refractivity contribution in [1.82, 2.24) is 5.32 Å². The predicted molar refractivity (Wildman–Crippen MR) is 83.3 cm³/mol. The summed E-state index contributed by atoms with van der Waals surface area (Å²) in [4.78, 5) is 25.5. The van der Waals surface area contributed by atoms with E-state index in [-0.39, 0.29) is 11.9 Å². The third-order valence-corrected chi connectivity index (χ3v) is 3.56. The number of carbonyl (C=O) groups excluding carboxylic acids is 2. The Bertz CT molecular complexity index is 542. The number of hydrogen-bond donors (Lipinski definition) is 3. The number of nitrogens with two attached hydrogens (primary N) is 1. The molecule has 0 bridgehead atoms. The van der Waals surface area contributed by atoms with Crippen LogP contribution in [0, 0.1) is 0 Å². The van der Waals surface area contributed by atoms with E-state index in [1.165, 1.54) is 0 Å². The number of rotatable bonds is 5. The number of nitrogens with zero attached hydrogens (tertiary/aromatic N) is 1. The highest BCUT2D eigenvalue weighted by atomic mass is 16.2. The Morgan fingerprint density at radius 3 is 2.90 bits per heavy atom. The van der Waals surface area contributed by atoms with Gasteiger partial charge in [-0.3, -0.25) is 9.69 Å². The second-order valence-corrected chi connectivity index (χ2v) is 5.56. The molecule has 1 aromatic carbocycles. The van der Waals surface area contributed by atoms with Gasteiger partial charge in [0.05, 0.1) is 5.54 Å². The van der Waals surface area contributed by atoms with E-state index in [4.69, 9.17) is 5.73 Å². The molecule has 21 heavy (non-hydrogen) atoms. The Morgan fingerprint density at radius 2 is 2.29 bits per heavy atom. The molecular weight excluding hydrogens is 268 g/mol. The van der Waals surface area contributed by atoms with Crippen molar-refractivity contribution in [2.75, 3.05) is 23.3 Å². The summed E-state index contributed by atoms with van der Waals surface area (Å²) in [5.74, 6) is -0.215. The molecule has 2 rings (SSSR count). The van der Waals surface area contributed by atoms with Crippen molar-refractivity contribution in [2.24, 2.45) is 5.73 Å². The first-order valence-electron chi connectivity index (χ1n) is 7.20. The largest absolute Gasteiger partial charge is 0.336 e. The summed E-state index contributed by atoms with van der Waals surface area (Å²) in [6, 6.07) is 7.11. The predicted octanol–water partition coefficient (Wildman–Crippen LogP) is 1.67. The van der Waals surface area contributed by atoms with Crippen molar-refractivity contribution >= 4 is 23.3 Å². The minimum atomic E-state index is -0.893. The first-order valence-corrected chi connectivity index (χ1v) is 7.20. The molecule has 1 aliphatic heterocycles. The zero-order chi connectivity index (χ0) is 15.5. The lowest BCUT2D eigenvalue weighted by molar-refractivity contribution is -0.120. The number of benzene rings is 1. The number of hydrogen-bond acceptors (Lipinski definition) is 3. The first kappa shape index (κ1) is 15.3. The lowest BCUT2D eigenvalue weighted by Gasteiger charge is -2.23. The van der Waals surface area contributed by atoms with Gasteiger partial charge in [0.2, 0.25) is 5.91 Å². The van der Waals surface area contributed by atoms with Gasteiger partial charge in [0.1, 0.15) is 0 Å². The second-order valence-electron chi connectivity index (χ2n) is 5.56. The fourth-order valence-corrected chi connectivity index (χ4v) is 2.38. The lowest BCUT2D eigenvalue weighted by Crippen LogP contribution is -2.48. The first-order chi connectivity index (χ1) is 9.94. The van der Waals surface area contributed by atoms with Crippen LogP contribution in [0.15, 0.2) is 24.3 Å². The van der Waals surface area contributed by atoms with Gasteiger partial charge in [-0.25, -0.2) is 4.79 Å². The molecule has 0 aliphatic carbocycles. The Labute approximate surface area is 124 Å². The maximum absolute atomic E-state index is 12.2. The molecule has 1 heterocycles. The van der Waals surface area contributed by atoms with Gasteiger partial charge in [-0.05, 0) is 31.5 Å². The topological polar surface area (TPSA) is 87.5 Å². The zero-order valence-electron chi connectivity index (χ0n) is 12.5. The van der Waals surface area contributed by atoms with Crippen molar-refractivity contribution in [3.63, 3.8) is 0 Å². The molecular formula is C15H22N4O2. The van der Waals surface area contributed by atoms with E-state index in [2.05, 4.69) is 10.6 Å². The molecule has 114 valence electrons. The summed E-state index contributed by atoms with van der Waals surface area (Å²) in [5.41, 5.74) is 6.53. The van der Waals surface area contributed by atoms with Crippen LogP contribution in [-0.2, 0) is 4.79 Å². The molecule has 3 amide bonds. The molecule has 0 saturated carbocycles. The summed E-state index contributed by atoms with van der Waals surface area (Å²) in [6.07, 6.45) is 1.46. The number of anilines is 2. The Balaban J connectivity index is 2.11. The van der Waals surface area contributed by atoms with Crippen LogP contribution in [-0.4, -0.2) is 30.6 Å². The van der Waals surface area contributed by atoms with Gasteiger partial charge in [-0.2, -0.15) is 0 Å². The standard InChI is InChI=1S/C15H22N4O2/c1-3-7-15(2,16)13(20)18-11-5-4-6-12(10-11)19-9-8-17-14(19)21/h4-6,10H,3,7-9,16H2,1-2H3,(H,17,21)(H,18,20). The summed E-state index contributed by atoms with van der Waals surface area (Å²) in [5, 5.41) is 5.57. The normalized spacial score (nSPS) is 17.3. The Hall–Kier alpha value is -2.08. The average molecular weight is 290 g/mol. The van der Waals surface area contributed by atoms with Crippen LogP contribution in [0.5, 0.6) is 0 Å². The molecule has 0 radical (unpaired) electrons. The molecule has 1 aromatic rings. The van der Waals surface area contributed by atoms with Crippen LogP contribution in [0.2, 0.25) is 0 Å². The molecule has 1 atom stereocenters. The second kappa shape index (κ2) is 6.13. The molecule has 1 fully saturated rings. The van der Waals surface area contributed by atoms with Crippen molar-refractivity contribution in [3.05, 3.63) is 24.3 Å². The van der Waals surface area contributed by atoms with Gasteiger partial charge in [0, 0.05) is 24.5 Å². The minimum absolute atomic E-state index is 0.117. The van der Waals surface area contributed by atoms with Gasteiger partial charge in [0.15, 0.2) is 0 Å². The van der Waals surface area contributed by atoms with Crippen molar-refractivity contribution in [2.45, 2.75) is 32.2 Å². The highest BCUT2D eigenvalue weighted by molar-refractivity contribution is 5.99. The van der Waals surface area contributed by atoms with Crippen LogP contribution < -0.4 is 21.3 Å². The van der Waals surface area contributed by atoms with Gasteiger partial charge in [-0.1, -0.05) is 19.4 Å². The van der Waals surface area contributed by atoms with Crippen LogP contribution in [0.25, 0.3) is 0 Å². The summed E-state index contributed by atoms with van der Waals surface area (Å²) in [6.45, 7) is 4.97. The number of nitrogens with one attached hydrogen (secondary N) is 2. The molecule has 4 N–H and O–H groups in total. The van der Waals surface area contributed by atoms with E-state index in [1.54, 1.807) is 24.0 Å².